The number of aromatic nitrogens is 3. The summed E-state index contributed by atoms with van der Waals surface area (Å²) in [6.45, 7) is 1.34. The Bertz CT molecular complexity index is 553. The summed E-state index contributed by atoms with van der Waals surface area (Å²) in [5.41, 5.74) is 0. The van der Waals surface area contributed by atoms with Crippen LogP contribution in [-0.2, 0) is 22.5 Å². The van der Waals surface area contributed by atoms with E-state index in [0.29, 0.717) is 6.61 Å². The van der Waals surface area contributed by atoms with Crippen molar-refractivity contribution in [2.45, 2.75) is 29.8 Å². The van der Waals surface area contributed by atoms with Gasteiger partial charge < -0.3 is 9.30 Å². The number of aryl methyl sites for hydroxylation is 2. The smallest absolute Gasteiger partial charge is 0.319 e. The average molecular weight is 295 g/mol. The van der Waals surface area contributed by atoms with Gasteiger partial charge in [0.1, 0.15) is 11.6 Å². The molecule has 0 unspecified atom stereocenters. The first-order valence-electron chi connectivity index (χ1n) is 6.06. The Morgan fingerprint density at radius 2 is 2.53 bits per heavy atom. The predicted molar refractivity (Wildman–Crippen MR) is 73.3 cm³/mol. The molecule has 0 aliphatic carbocycles. The van der Waals surface area contributed by atoms with E-state index < -0.39 is 0 Å². The van der Waals surface area contributed by atoms with Gasteiger partial charge >= 0.3 is 5.97 Å². The summed E-state index contributed by atoms with van der Waals surface area (Å²) < 4.78 is 6.95. The van der Waals surface area contributed by atoms with Crippen molar-refractivity contribution >= 4 is 29.1 Å². The number of thioether (sulfide) groups is 1. The molecular weight excluding hydrogens is 282 g/mol. The number of hydrogen-bond donors (Lipinski definition) is 0. The molecule has 7 heteroatoms. The van der Waals surface area contributed by atoms with Gasteiger partial charge in [0.05, 0.1) is 6.61 Å². The minimum absolute atomic E-state index is 0.135. The zero-order chi connectivity index (χ0) is 13.1. The van der Waals surface area contributed by atoms with Crippen LogP contribution in [0.4, 0.5) is 0 Å². The molecule has 0 aromatic carbocycles. The number of carbonyl (C=O) groups is 1. The van der Waals surface area contributed by atoms with Crippen LogP contribution in [0.2, 0.25) is 0 Å². The summed E-state index contributed by atoms with van der Waals surface area (Å²) in [4.78, 5) is 12.8. The van der Waals surface area contributed by atoms with E-state index in [1.807, 2.05) is 4.57 Å². The van der Waals surface area contributed by atoms with Crippen LogP contribution >= 0.6 is 23.1 Å². The molecule has 3 heterocycles. The number of carbonyl (C=O) groups excluding carboxylic acids is 1. The first-order valence-corrected chi connectivity index (χ1v) is 7.82. The molecule has 1 fully saturated rings. The minimum Gasteiger partial charge on any atom is -0.465 e. The zero-order valence-corrected chi connectivity index (χ0v) is 11.8. The number of esters is 1. The molecule has 100 valence electrons. The molecule has 1 atom stereocenters. The Morgan fingerprint density at radius 1 is 1.58 bits per heavy atom. The van der Waals surface area contributed by atoms with Crippen molar-refractivity contribution < 1.29 is 9.53 Å². The number of rotatable bonds is 5. The van der Waals surface area contributed by atoms with Gasteiger partial charge in [0.25, 0.3) is 0 Å². The third-order valence-electron chi connectivity index (χ3n) is 2.89. The lowest BCUT2D eigenvalue weighted by Crippen LogP contribution is -2.11. The Labute approximate surface area is 119 Å². The van der Waals surface area contributed by atoms with Crippen LogP contribution in [0.5, 0.6) is 0 Å². The van der Waals surface area contributed by atoms with Crippen LogP contribution in [0, 0.1) is 0 Å². The highest BCUT2D eigenvalue weighted by Crippen LogP contribution is 2.28. The van der Waals surface area contributed by atoms with E-state index in [0.717, 1.165) is 24.5 Å². The highest BCUT2D eigenvalue weighted by molar-refractivity contribution is 8.00. The van der Waals surface area contributed by atoms with Crippen LogP contribution in [0.1, 0.15) is 11.3 Å². The van der Waals surface area contributed by atoms with Crippen LogP contribution < -0.4 is 0 Å². The van der Waals surface area contributed by atoms with E-state index in [-0.39, 0.29) is 11.2 Å². The second kappa shape index (κ2) is 5.75. The molecule has 1 saturated heterocycles. The van der Waals surface area contributed by atoms with E-state index in [2.05, 4.69) is 27.7 Å². The number of cyclic esters (lactones) is 1. The lowest BCUT2D eigenvalue weighted by molar-refractivity contribution is -0.137. The Balaban J connectivity index is 1.63. The molecule has 2 aromatic heterocycles. The molecule has 0 N–H and O–H groups in total. The third kappa shape index (κ3) is 2.98. The standard InChI is InChI=1S/C12H13N3O2S2/c16-11-10(4-6-17-11)19-12-14-13-8-15(12)5-3-9-2-1-7-18-9/h1-2,7-8,10H,3-6H2/t10-/m0/s1. The highest BCUT2D eigenvalue weighted by Gasteiger charge is 2.29. The Kier molecular flexibility index (Phi) is 3.84. The van der Waals surface area contributed by atoms with Crippen molar-refractivity contribution in [3.05, 3.63) is 28.7 Å². The fourth-order valence-corrected chi connectivity index (χ4v) is 3.59. The van der Waals surface area contributed by atoms with Gasteiger partial charge in [-0.15, -0.1) is 21.5 Å². The molecular formula is C12H13N3O2S2. The predicted octanol–water partition coefficient (Wildman–Crippen LogP) is 1.99. The maximum absolute atomic E-state index is 11.5. The van der Waals surface area contributed by atoms with Crippen molar-refractivity contribution in [2.24, 2.45) is 0 Å². The molecule has 0 spiro atoms. The minimum atomic E-state index is -0.141. The molecule has 5 nitrogen and oxygen atoms in total. The van der Waals surface area contributed by atoms with Gasteiger partial charge in [-0.25, -0.2) is 0 Å². The molecule has 1 aliphatic heterocycles. The molecule has 0 amide bonds. The second-order valence-corrected chi connectivity index (χ2v) is 6.40. The summed E-state index contributed by atoms with van der Waals surface area (Å²) in [7, 11) is 0. The largest absolute Gasteiger partial charge is 0.465 e. The summed E-state index contributed by atoms with van der Waals surface area (Å²) in [6, 6.07) is 4.17. The van der Waals surface area contributed by atoms with Gasteiger partial charge in [-0.2, -0.15) is 0 Å². The molecule has 3 rings (SSSR count). The van der Waals surface area contributed by atoms with E-state index >= 15 is 0 Å². The van der Waals surface area contributed by atoms with Crippen molar-refractivity contribution in [1.82, 2.24) is 14.8 Å². The summed E-state index contributed by atoms with van der Waals surface area (Å²) in [5, 5.41) is 10.8. The fourth-order valence-electron chi connectivity index (χ4n) is 1.89. The van der Waals surface area contributed by atoms with Gasteiger partial charge in [0.15, 0.2) is 5.16 Å². The second-order valence-electron chi connectivity index (χ2n) is 4.20. The van der Waals surface area contributed by atoms with Gasteiger partial charge in [-0.1, -0.05) is 17.8 Å². The van der Waals surface area contributed by atoms with Gasteiger partial charge in [0.2, 0.25) is 0 Å². The van der Waals surface area contributed by atoms with Crippen LogP contribution in [0.15, 0.2) is 29.0 Å². The van der Waals surface area contributed by atoms with Crippen molar-refractivity contribution in [2.75, 3.05) is 6.61 Å². The number of thiophene rings is 1. The Morgan fingerprint density at radius 3 is 3.26 bits per heavy atom. The summed E-state index contributed by atoms with van der Waals surface area (Å²) in [6.07, 6.45) is 3.43. The molecule has 0 bridgehead atoms. The summed E-state index contributed by atoms with van der Waals surface area (Å²) in [5.74, 6) is -0.141. The maximum Gasteiger partial charge on any atom is 0.319 e. The monoisotopic (exact) mass is 295 g/mol. The van der Waals surface area contributed by atoms with E-state index in [1.54, 1.807) is 17.7 Å². The van der Waals surface area contributed by atoms with E-state index in [4.69, 9.17) is 4.74 Å². The average Bonchev–Trinajstić information content (AvgIpc) is 3.12. The van der Waals surface area contributed by atoms with Crippen LogP contribution in [-0.4, -0.2) is 32.6 Å². The lowest BCUT2D eigenvalue weighted by atomic mass is 10.3. The number of nitrogens with zero attached hydrogens (tertiary/aromatic N) is 3. The highest BCUT2D eigenvalue weighted by atomic mass is 32.2. The zero-order valence-electron chi connectivity index (χ0n) is 10.2. The molecule has 19 heavy (non-hydrogen) atoms. The maximum atomic E-state index is 11.5. The fraction of sp³-hybridized carbons (Fsp3) is 0.417. The molecule has 0 saturated carbocycles. The lowest BCUT2D eigenvalue weighted by Gasteiger charge is -2.07. The summed E-state index contributed by atoms with van der Waals surface area (Å²) >= 11 is 3.20. The molecule has 2 aromatic rings. The SMILES string of the molecule is O=C1OCC[C@@H]1Sc1nncn1CCc1cccs1. The normalized spacial score (nSPS) is 18.7. The van der Waals surface area contributed by atoms with Crippen molar-refractivity contribution in [3.8, 4) is 0 Å². The van der Waals surface area contributed by atoms with Crippen molar-refractivity contribution in [3.63, 3.8) is 0 Å². The Hall–Kier alpha value is -1.34. The molecule has 1 aliphatic rings. The first-order chi connectivity index (χ1) is 9.33. The van der Waals surface area contributed by atoms with E-state index in [9.17, 15) is 4.79 Å². The first kappa shape index (κ1) is 12.7. The third-order valence-corrected chi connectivity index (χ3v) is 5.07. The van der Waals surface area contributed by atoms with Gasteiger partial charge in [-0.05, 0) is 17.9 Å². The topological polar surface area (TPSA) is 57.0 Å². The van der Waals surface area contributed by atoms with Crippen LogP contribution in [0.25, 0.3) is 0 Å². The molecule has 0 radical (unpaired) electrons. The van der Waals surface area contributed by atoms with Crippen molar-refractivity contribution in [1.29, 1.82) is 0 Å². The quantitative estimate of drug-likeness (QED) is 0.790. The number of ether oxygens (including phenoxy) is 1. The van der Waals surface area contributed by atoms with Gasteiger partial charge in [-0.3, -0.25) is 4.79 Å². The van der Waals surface area contributed by atoms with Gasteiger partial charge in [0, 0.05) is 17.8 Å². The van der Waals surface area contributed by atoms with Crippen LogP contribution in [0.3, 0.4) is 0 Å². The van der Waals surface area contributed by atoms with E-state index in [1.165, 1.54) is 16.6 Å². The number of hydrogen-bond acceptors (Lipinski definition) is 6.